The Morgan fingerprint density at radius 1 is 0.600 bits per heavy atom. The zero-order valence-electron chi connectivity index (χ0n) is 13.1. The SMILES string of the molecule is CCCCCCCC(=O)[O-].CCCCCCCC(=O)[O-]. The van der Waals surface area contributed by atoms with Crippen LogP contribution in [0.25, 0.3) is 0 Å². The molecule has 0 N–H and O–H groups in total. The van der Waals surface area contributed by atoms with Gasteiger partial charge in [-0.15, -0.1) is 0 Å². The summed E-state index contributed by atoms with van der Waals surface area (Å²) in [6, 6.07) is 0. The van der Waals surface area contributed by atoms with Gasteiger partial charge in [-0.1, -0.05) is 65.2 Å². The molecular weight excluding hydrogens is 256 g/mol. The van der Waals surface area contributed by atoms with Crippen molar-refractivity contribution >= 4 is 11.9 Å². The van der Waals surface area contributed by atoms with Gasteiger partial charge < -0.3 is 19.8 Å². The standard InChI is InChI=1S/2C8H16O2/c2*1-2-3-4-5-6-7-8(9)10/h2*2-7H2,1H3,(H,9,10)/p-2. The first kappa shape index (κ1) is 21.2. The lowest BCUT2D eigenvalue weighted by molar-refractivity contribution is -0.307. The van der Waals surface area contributed by atoms with E-state index in [1.165, 1.54) is 25.7 Å². The molecule has 0 saturated carbocycles. The van der Waals surface area contributed by atoms with Gasteiger partial charge in [-0.05, 0) is 25.7 Å². The lowest BCUT2D eigenvalue weighted by atomic mass is 10.1. The maximum absolute atomic E-state index is 9.92. The maximum atomic E-state index is 9.92. The van der Waals surface area contributed by atoms with Crippen molar-refractivity contribution in [2.75, 3.05) is 0 Å². The van der Waals surface area contributed by atoms with Crippen molar-refractivity contribution in [3.05, 3.63) is 0 Å². The summed E-state index contributed by atoms with van der Waals surface area (Å²) in [5.41, 5.74) is 0. The van der Waals surface area contributed by atoms with Gasteiger partial charge in [0.15, 0.2) is 0 Å². The number of hydrogen-bond donors (Lipinski definition) is 0. The minimum absolute atomic E-state index is 0.226. The number of unbranched alkanes of at least 4 members (excludes halogenated alkanes) is 8. The van der Waals surface area contributed by atoms with E-state index in [-0.39, 0.29) is 12.8 Å². The van der Waals surface area contributed by atoms with Crippen LogP contribution >= 0.6 is 0 Å². The van der Waals surface area contributed by atoms with E-state index >= 15 is 0 Å². The van der Waals surface area contributed by atoms with Gasteiger partial charge in [0.25, 0.3) is 0 Å². The minimum atomic E-state index is -0.920. The van der Waals surface area contributed by atoms with Gasteiger partial charge in [0.05, 0.1) is 0 Å². The fourth-order valence-electron chi connectivity index (χ4n) is 1.75. The van der Waals surface area contributed by atoms with E-state index in [1.54, 1.807) is 0 Å². The predicted molar refractivity (Wildman–Crippen MR) is 76.8 cm³/mol. The van der Waals surface area contributed by atoms with Gasteiger partial charge in [-0.3, -0.25) is 0 Å². The van der Waals surface area contributed by atoms with Gasteiger partial charge in [-0.2, -0.15) is 0 Å². The number of aliphatic carboxylic acids is 2. The highest BCUT2D eigenvalue weighted by Gasteiger charge is 1.89. The van der Waals surface area contributed by atoms with E-state index in [1.807, 2.05) is 0 Å². The highest BCUT2D eigenvalue weighted by atomic mass is 16.4. The third-order valence-electron chi connectivity index (χ3n) is 2.97. The summed E-state index contributed by atoms with van der Waals surface area (Å²) in [7, 11) is 0. The van der Waals surface area contributed by atoms with Crippen LogP contribution in [0.3, 0.4) is 0 Å². The van der Waals surface area contributed by atoms with Gasteiger partial charge in [0.2, 0.25) is 0 Å². The molecule has 0 aromatic rings. The summed E-state index contributed by atoms with van der Waals surface area (Å²) < 4.78 is 0. The van der Waals surface area contributed by atoms with Crippen LogP contribution in [0, 0.1) is 0 Å². The molecule has 0 atom stereocenters. The molecule has 0 aromatic carbocycles. The first-order chi connectivity index (χ1) is 9.54. The first-order valence-corrected chi connectivity index (χ1v) is 7.94. The lowest BCUT2D eigenvalue weighted by Gasteiger charge is -2.00. The first-order valence-electron chi connectivity index (χ1n) is 7.94. The van der Waals surface area contributed by atoms with Gasteiger partial charge in [-0.25, -0.2) is 0 Å². The normalized spacial score (nSPS) is 9.70. The van der Waals surface area contributed by atoms with Crippen LogP contribution in [0.15, 0.2) is 0 Å². The molecule has 0 rings (SSSR count). The van der Waals surface area contributed by atoms with Gasteiger partial charge in [0.1, 0.15) is 0 Å². The molecule has 4 nitrogen and oxygen atoms in total. The molecule has 0 fully saturated rings. The fraction of sp³-hybridized carbons (Fsp3) is 0.875. The van der Waals surface area contributed by atoms with E-state index < -0.39 is 11.9 Å². The predicted octanol–water partition coefficient (Wildman–Crippen LogP) is 2.19. The van der Waals surface area contributed by atoms with Crippen LogP contribution in [0.1, 0.15) is 90.9 Å². The molecule has 0 radical (unpaired) electrons. The molecule has 0 aliphatic carbocycles. The molecular formula is C16H30O4-2. The Balaban J connectivity index is 0. The molecule has 0 aliphatic heterocycles. The molecule has 0 saturated heterocycles. The van der Waals surface area contributed by atoms with Crippen molar-refractivity contribution in [1.82, 2.24) is 0 Å². The number of hydrogen-bond acceptors (Lipinski definition) is 4. The van der Waals surface area contributed by atoms with Crippen molar-refractivity contribution in [1.29, 1.82) is 0 Å². The zero-order valence-corrected chi connectivity index (χ0v) is 13.1. The van der Waals surface area contributed by atoms with Crippen molar-refractivity contribution in [3.63, 3.8) is 0 Å². The number of carboxylic acids is 2. The summed E-state index contributed by atoms with van der Waals surface area (Å²) in [5, 5.41) is 19.8. The van der Waals surface area contributed by atoms with Gasteiger partial charge >= 0.3 is 0 Å². The van der Waals surface area contributed by atoms with Crippen molar-refractivity contribution in [3.8, 4) is 0 Å². The molecule has 0 aromatic heterocycles. The topological polar surface area (TPSA) is 80.3 Å². The summed E-state index contributed by atoms with van der Waals surface area (Å²) in [6.07, 6.45) is 11.2. The van der Waals surface area contributed by atoms with Crippen LogP contribution in [0.5, 0.6) is 0 Å². The van der Waals surface area contributed by atoms with Crippen LogP contribution in [-0.2, 0) is 9.59 Å². The Bertz CT molecular complexity index is 203. The van der Waals surface area contributed by atoms with Crippen molar-refractivity contribution in [2.45, 2.75) is 90.9 Å². The molecule has 0 unspecified atom stereocenters. The molecule has 20 heavy (non-hydrogen) atoms. The Labute approximate surface area is 123 Å². The summed E-state index contributed by atoms with van der Waals surface area (Å²) in [6.45, 7) is 4.28. The highest BCUT2D eigenvalue weighted by Crippen LogP contribution is 2.04. The monoisotopic (exact) mass is 286 g/mol. The fourth-order valence-corrected chi connectivity index (χ4v) is 1.75. The second-order valence-corrected chi connectivity index (χ2v) is 5.07. The largest absolute Gasteiger partial charge is 0.550 e. The number of rotatable bonds is 12. The van der Waals surface area contributed by atoms with Crippen LogP contribution < -0.4 is 10.2 Å². The van der Waals surface area contributed by atoms with E-state index in [0.717, 1.165) is 38.5 Å². The average Bonchev–Trinajstić information content (AvgIpc) is 2.38. The number of carboxylic acid groups (broad SMARTS) is 2. The molecule has 0 heterocycles. The smallest absolute Gasteiger partial charge is 0.0414 e. The summed E-state index contributed by atoms with van der Waals surface area (Å²) >= 11 is 0. The Kier molecular flexibility index (Phi) is 19.1. The maximum Gasteiger partial charge on any atom is 0.0414 e. The summed E-state index contributed by atoms with van der Waals surface area (Å²) in [5.74, 6) is -1.84. The quantitative estimate of drug-likeness (QED) is 0.515. The third kappa shape index (κ3) is 25.7. The number of carbonyl (C=O) groups is 2. The van der Waals surface area contributed by atoms with Crippen molar-refractivity contribution < 1.29 is 19.8 Å². The molecule has 120 valence electrons. The second-order valence-electron chi connectivity index (χ2n) is 5.07. The van der Waals surface area contributed by atoms with E-state index in [4.69, 9.17) is 0 Å². The number of carbonyl (C=O) groups excluding carboxylic acids is 2. The van der Waals surface area contributed by atoms with Crippen LogP contribution in [-0.4, -0.2) is 11.9 Å². The van der Waals surface area contributed by atoms with Gasteiger partial charge in [0, 0.05) is 11.9 Å². The second kappa shape index (κ2) is 17.9. The van der Waals surface area contributed by atoms with Crippen LogP contribution in [0.2, 0.25) is 0 Å². The molecule has 0 spiro atoms. The average molecular weight is 286 g/mol. The minimum Gasteiger partial charge on any atom is -0.550 e. The van der Waals surface area contributed by atoms with E-state index in [2.05, 4.69) is 13.8 Å². The van der Waals surface area contributed by atoms with Crippen molar-refractivity contribution in [2.24, 2.45) is 0 Å². The zero-order chi connectivity index (χ0) is 15.6. The third-order valence-corrected chi connectivity index (χ3v) is 2.97. The lowest BCUT2D eigenvalue weighted by Crippen LogP contribution is -2.21. The Hall–Kier alpha value is -1.06. The molecule has 0 aliphatic rings. The molecule has 0 bridgehead atoms. The van der Waals surface area contributed by atoms with E-state index in [0.29, 0.717) is 0 Å². The molecule has 0 amide bonds. The van der Waals surface area contributed by atoms with E-state index in [9.17, 15) is 19.8 Å². The van der Waals surface area contributed by atoms with Crippen LogP contribution in [0.4, 0.5) is 0 Å². The Morgan fingerprint density at radius 3 is 1.15 bits per heavy atom. The summed E-state index contributed by atoms with van der Waals surface area (Å²) in [4.78, 5) is 19.8. The highest BCUT2D eigenvalue weighted by molar-refractivity contribution is 5.64. The molecule has 4 heteroatoms. The Morgan fingerprint density at radius 2 is 0.900 bits per heavy atom.